The van der Waals surface area contributed by atoms with E-state index >= 15 is 0 Å². The Kier molecular flexibility index (Phi) is 5.57. The minimum absolute atomic E-state index is 0.0707. The number of carbonyl (C=O) groups excluding carboxylic acids is 1. The predicted octanol–water partition coefficient (Wildman–Crippen LogP) is 3.60. The van der Waals surface area contributed by atoms with Crippen LogP contribution in [0.5, 0.6) is 5.75 Å². The molecule has 8 heteroatoms. The number of aromatic nitrogens is 3. The minimum atomic E-state index is -0.179. The SMILES string of the molecule is COc1ccccc1-c1noc([C@H]2CCCN2C(=O)CSc2ccncc2)n1. The van der Waals surface area contributed by atoms with Gasteiger partial charge in [0.15, 0.2) is 0 Å². The Bertz CT molecular complexity index is 947. The monoisotopic (exact) mass is 396 g/mol. The second kappa shape index (κ2) is 8.43. The van der Waals surface area contributed by atoms with Crippen molar-refractivity contribution in [1.82, 2.24) is 20.0 Å². The molecule has 0 saturated carbocycles. The van der Waals surface area contributed by atoms with E-state index in [0.717, 1.165) is 23.3 Å². The molecule has 3 aromatic rings. The number of carbonyl (C=O) groups is 1. The smallest absolute Gasteiger partial charge is 0.249 e. The van der Waals surface area contributed by atoms with Crippen molar-refractivity contribution in [2.45, 2.75) is 23.8 Å². The second-order valence-electron chi connectivity index (χ2n) is 6.37. The number of benzene rings is 1. The molecule has 0 unspecified atom stereocenters. The first-order valence-corrected chi connectivity index (χ1v) is 10.0. The van der Waals surface area contributed by atoms with Gasteiger partial charge in [0.2, 0.25) is 17.6 Å². The summed E-state index contributed by atoms with van der Waals surface area (Å²) >= 11 is 1.51. The molecule has 144 valence electrons. The summed E-state index contributed by atoms with van der Waals surface area (Å²) in [5.74, 6) is 2.07. The summed E-state index contributed by atoms with van der Waals surface area (Å²) in [7, 11) is 1.61. The minimum Gasteiger partial charge on any atom is -0.496 e. The van der Waals surface area contributed by atoms with Gasteiger partial charge < -0.3 is 14.2 Å². The van der Waals surface area contributed by atoms with Gasteiger partial charge in [-0.05, 0) is 37.1 Å². The maximum absolute atomic E-state index is 12.8. The van der Waals surface area contributed by atoms with Gasteiger partial charge in [0.1, 0.15) is 11.8 Å². The van der Waals surface area contributed by atoms with Crippen LogP contribution < -0.4 is 4.74 Å². The molecule has 1 atom stereocenters. The van der Waals surface area contributed by atoms with Crippen molar-refractivity contribution in [1.29, 1.82) is 0 Å². The van der Waals surface area contributed by atoms with Crippen molar-refractivity contribution in [3.05, 3.63) is 54.7 Å². The number of nitrogens with zero attached hydrogens (tertiary/aromatic N) is 4. The van der Waals surface area contributed by atoms with Crippen LogP contribution in [0.4, 0.5) is 0 Å². The third-order valence-electron chi connectivity index (χ3n) is 4.66. The molecule has 2 aromatic heterocycles. The molecule has 1 amide bonds. The first-order valence-electron chi connectivity index (χ1n) is 9.05. The maximum Gasteiger partial charge on any atom is 0.249 e. The molecule has 7 nitrogen and oxygen atoms in total. The van der Waals surface area contributed by atoms with E-state index in [4.69, 9.17) is 9.26 Å². The Balaban J connectivity index is 1.48. The third kappa shape index (κ3) is 3.87. The summed E-state index contributed by atoms with van der Waals surface area (Å²) < 4.78 is 10.9. The van der Waals surface area contributed by atoms with Gasteiger partial charge in [-0.25, -0.2) is 0 Å². The normalized spacial score (nSPS) is 16.3. The van der Waals surface area contributed by atoms with Crippen LogP contribution in [0.1, 0.15) is 24.8 Å². The molecule has 1 saturated heterocycles. The zero-order valence-electron chi connectivity index (χ0n) is 15.4. The van der Waals surface area contributed by atoms with Crippen LogP contribution in [0.25, 0.3) is 11.4 Å². The summed E-state index contributed by atoms with van der Waals surface area (Å²) in [5, 5.41) is 4.11. The van der Waals surface area contributed by atoms with Crippen LogP contribution in [0, 0.1) is 0 Å². The number of likely N-dealkylation sites (tertiary alicyclic amines) is 1. The van der Waals surface area contributed by atoms with Crippen molar-refractivity contribution >= 4 is 17.7 Å². The lowest BCUT2D eigenvalue weighted by Gasteiger charge is -2.21. The van der Waals surface area contributed by atoms with E-state index in [0.29, 0.717) is 29.8 Å². The quantitative estimate of drug-likeness (QED) is 0.589. The van der Waals surface area contributed by atoms with E-state index in [1.807, 2.05) is 41.3 Å². The first kappa shape index (κ1) is 18.5. The predicted molar refractivity (Wildman–Crippen MR) is 105 cm³/mol. The van der Waals surface area contributed by atoms with Gasteiger partial charge in [0.25, 0.3) is 0 Å². The molecule has 28 heavy (non-hydrogen) atoms. The second-order valence-corrected chi connectivity index (χ2v) is 7.42. The lowest BCUT2D eigenvalue weighted by atomic mass is 10.2. The highest BCUT2D eigenvalue weighted by Gasteiger charge is 2.34. The van der Waals surface area contributed by atoms with Gasteiger partial charge in [-0.3, -0.25) is 9.78 Å². The zero-order valence-corrected chi connectivity index (χ0v) is 16.3. The van der Waals surface area contributed by atoms with Crippen molar-refractivity contribution < 1.29 is 14.1 Å². The number of para-hydroxylation sites is 1. The molecule has 0 bridgehead atoms. The Labute approximate surface area is 167 Å². The summed E-state index contributed by atoms with van der Waals surface area (Å²) in [6.45, 7) is 0.701. The number of amides is 1. The molecule has 4 rings (SSSR count). The van der Waals surface area contributed by atoms with Crippen molar-refractivity contribution in [3.8, 4) is 17.1 Å². The molecule has 1 aliphatic heterocycles. The fourth-order valence-corrected chi connectivity index (χ4v) is 4.06. The molecule has 1 fully saturated rings. The topological polar surface area (TPSA) is 81.4 Å². The van der Waals surface area contributed by atoms with Crippen LogP contribution in [-0.4, -0.2) is 45.3 Å². The van der Waals surface area contributed by atoms with E-state index in [1.54, 1.807) is 19.5 Å². The van der Waals surface area contributed by atoms with Gasteiger partial charge >= 0.3 is 0 Å². The van der Waals surface area contributed by atoms with Crippen molar-refractivity contribution in [2.75, 3.05) is 19.4 Å². The van der Waals surface area contributed by atoms with Crippen LogP contribution in [-0.2, 0) is 4.79 Å². The Morgan fingerprint density at radius 1 is 1.29 bits per heavy atom. The maximum atomic E-state index is 12.8. The highest BCUT2D eigenvalue weighted by atomic mass is 32.2. The average molecular weight is 396 g/mol. The van der Waals surface area contributed by atoms with Crippen LogP contribution in [0.15, 0.2) is 58.2 Å². The number of ether oxygens (including phenoxy) is 1. The van der Waals surface area contributed by atoms with E-state index in [2.05, 4.69) is 15.1 Å². The summed E-state index contributed by atoms with van der Waals surface area (Å²) in [6.07, 6.45) is 5.19. The highest BCUT2D eigenvalue weighted by Crippen LogP contribution is 2.34. The molecule has 3 heterocycles. The summed E-state index contributed by atoms with van der Waals surface area (Å²) in [4.78, 5) is 24.2. The molecule has 1 aromatic carbocycles. The fourth-order valence-electron chi connectivity index (χ4n) is 3.29. The zero-order chi connectivity index (χ0) is 19.3. The van der Waals surface area contributed by atoms with E-state index < -0.39 is 0 Å². The largest absolute Gasteiger partial charge is 0.496 e. The van der Waals surface area contributed by atoms with Crippen LogP contribution >= 0.6 is 11.8 Å². The Morgan fingerprint density at radius 2 is 2.11 bits per heavy atom. The number of rotatable bonds is 6. The average Bonchev–Trinajstić information content (AvgIpc) is 3.42. The number of pyridine rings is 1. The standard InChI is InChI=1S/C20H20N4O3S/c1-26-17-7-3-2-5-15(17)19-22-20(27-23-19)16-6-4-12-24(16)18(25)13-28-14-8-10-21-11-9-14/h2-3,5,7-11,16H,4,6,12-13H2,1H3/t16-/m1/s1. The summed E-state index contributed by atoms with van der Waals surface area (Å²) in [6, 6.07) is 11.1. The van der Waals surface area contributed by atoms with Gasteiger partial charge in [-0.15, -0.1) is 11.8 Å². The van der Waals surface area contributed by atoms with Crippen molar-refractivity contribution in [2.24, 2.45) is 0 Å². The first-order chi connectivity index (χ1) is 13.8. The highest BCUT2D eigenvalue weighted by molar-refractivity contribution is 8.00. The van der Waals surface area contributed by atoms with Gasteiger partial charge in [-0.2, -0.15) is 4.98 Å². The Morgan fingerprint density at radius 3 is 2.93 bits per heavy atom. The molecule has 1 aliphatic rings. The van der Waals surface area contributed by atoms with Gasteiger partial charge in [0.05, 0.1) is 18.4 Å². The lowest BCUT2D eigenvalue weighted by molar-refractivity contribution is -0.129. The number of hydrogen-bond donors (Lipinski definition) is 0. The van der Waals surface area contributed by atoms with E-state index in [9.17, 15) is 4.79 Å². The molecule has 0 N–H and O–H groups in total. The summed E-state index contributed by atoms with van der Waals surface area (Å²) in [5.41, 5.74) is 0.768. The van der Waals surface area contributed by atoms with Gasteiger partial charge in [-0.1, -0.05) is 17.3 Å². The molecule has 0 aliphatic carbocycles. The molecule has 0 spiro atoms. The fraction of sp³-hybridized carbons (Fsp3) is 0.300. The number of hydrogen-bond acceptors (Lipinski definition) is 7. The van der Waals surface area contributed by atoms with E-state index in [1.165, 1.54) is 11.8 Å². The number of methoxy groups -OCH3 is 1. The molecular weight excluding hydrogens is 376 g/mol. The van der Waals surface area contributed by atoms with Crippen LogP contribution in [0.3, 0.4) is 0 Å². The lowest BCUT2D eigenvalue weighted by Crippen LogP contribution is -2.32. The number of thioether (sulfide) groups is 1. The third-order valence-corrected chi connectivity index (χ3v) is 5.66. The Hall–Kier alpha value is -2.87. The van der Waals surface area contributed by atoms with Gasteiger partial charge in [0, 0.05) is 23.8 Å². The van der Waals surface area contributed by atoms with Crippen LogP contribution in [0.2, 0.25) is 0 Å². The van der Waals surface area contributed by atoms with E-state index in [-0.39, 0.29) is 11.9 Å². The van der Waals surface area contributed by atoms with Crippen molar-refractivity contribution in [3.63, 3.8) is 0 Å². The molecular formula is C20H20N4O3S. The molecule has 0 radical (unpaired) electrons.